The van der Waals surface area contributed by atoms with Crippen LogP contribution in [0.5, 0.6) is 17.2 Å². The predicted molar refractivity (Wildman–Crippen MR) is 147 cm³/mol. The van der Waals surface area contributed by atoms with Gasteiger partial charge in [0.25, 0.3) is 0 Å². The number of carbonyl (C=O) groups excluding carboxylic acids is 2. The van der Waals surface area contributed by atoms with E-state index in [0.717, 1.165) is 5.56 Å². The van der Waals surface area contributed by atoms with Crippen LogP contribution in [0.25, 0.3) is 0 Å². The summed E-state index contributed by atoms with van der Waals surface area (Å²) in [5.41, 5.74) is 4.91. The average molecular weight is 579 g/mol. The van der Waals surface area contributed by atoms with Crippen LogP contribution in [-0.4, -0.2) is 31.7 Å². The standard InChI is InChI=1S/C28H27BrN4O5/c1-3-37-25-15-19(14-22(29)28(25)38-18-21-9-5-4-8-20(21)16-30)17-31-33-27(35)13-12-26(34)32-23-10-6-7-11-24(23)36-2/h4-11,14-15,17H,3,12-13,18H2,1-2H3,(H,32,34)(H,33,35). The maximum Gasteiger partial charge on any atom is 0.240 e. The summed E-state index contributed by atoms with van der Waals surface area (Å²) < 4.78 is 17.5. The molecule has 3 aromatic rings. The Morgan fingerprint density at radius 2 is 1.76 bits per heavy atom. The number of halogens is 1. The Labute approximate surface area is 229 Å². The highest BCUT2D eigenvalue weighted by Crippen LogP contribution is 2.37. The van der Waals surface area contributed by atoms with Gasteiger partial charge in [-0.3, -0.25) is 9.59 Å². The molecule has 0 atom stereocenters. The number of para-hydroxylation sites is 2. The molecule has 2 amide bonds. The van der Waals surface area contributed by atoms with Gasteiger partial charge in [0.05, 0.1) is 41.7 Å². The summed E-state index contributed by atoms with van der Waals surface area (Å²) in [7, 11) is 1.52. The number of amides is 2. The molecule has 0 heterocycles. The largest absolute Gasteiger partial charge is 0.495 e. The van der Waals surface area contributed by atoms with E-state index in [1.807, 2.05) is 19.1 Å². The molecular formula is C28H27BrN4O5. The summed E-state index contributed by atoms with van der Waals surface area (Å²) >= 11 is 3.50. The van der Waals surface area contributed by atoms with E-state index in [1.165, 1.54) is 13.3 Å². The van der Waals surface area contributed by atoms with Crippen molar-refractivity contribution < 1.29 is 23.8 Å². The highest BCUT2D eigenvalue weighted by atomic mass is 79.9. The quantitative estimate of drug-likeness (QED) is 0.225. The lowest BCUT2D eigenvalue weighted by Gasteiger charge is -2.15. The number of nitrogens with zero attached hydrogens (tertiary/aromatic N) is 2. The van der Waals surface area contributed by atoms with Crippen molar-refractivity contribution in [2.45, 2.75) is 26.4 Å². The van der Waals surface area contributed by atoms with Crippen molar-refractivity contribution in [2.24, 2.45) is 5.10 Å². The Kier molecular flexibility index (Phi) is 10.7. The molecule has 0 aliphatic carbocycles. The molecule has 0 unspecified atom stereocenters. The monoisotopic (exact) mass is 578 g/mol. The van der Waals surface area contributed by atoms with Crippen molar-refractivity contribution in [2.75, 3.05) is 19.0 Å². The molecule has 0 radical (unpaired) electrons. The number of benzene rings is 3. The second-order valence-corrected chi connectivity index (χ2v) is 8.72. The minimum atomic E-state index is -0.406. The molecule has 196 valence electrons. The van der Waals surface area contributed by atoms with Crippen molar-refractivity contribution in [3.05, 3.63) is 81.8 Å². The Hall–Kier alpha value is -4.36. The summed E-state index contributed by atoms with van der Waals surface area (Å²) in [6, 6.07) is 19.9. The number of hydrogen-bond donors (Lipinski definition) is 2. The highest BCUT2D eigenvalue weighted by Gasteiger charge is 2.14. The average Bonchev–Trinajstić information content (AvgIpc) is 2.92. The molecule has 0 saturated carbocycles. The normalized spacial score (nSPS) is 10.5. The summed E-state index contributed by atoms with van der Waals surface area (Å²) in [5.74, 6) is 0.790. The Morgan fingerprint density at radius 1 is 1.03 bits per heavy atom. The molecule has 0 bridgehead atoms. The number of carbonyl (C=O) groups is 2. The van der Waals surface area contributed by atoms with Crippen LogP contribution in [0.4, 0.5) is 5.69 Å². The summed E-state index contributed by atoms with van der Waals surface area (Å²) in [4.78, 5) is 24.4. The Bertz CT molecular complexity index is 1350. The smallest absolute Gasteiger partial charge is 0.240 e. The van der Waals surface area contributed by atoms with Gasteiger partial charge in [0.15, 0.2) is 11.5 Å². The fourth-order valence-electron chi connectivity index (χ4n) is 3.39. The summed E-state index contributed by atoms with van der Waals surface area (Å²) in [5, 5.41) is 16.0. The first-order valence-electron chi connectivity index (χ1n) is 11.8. The second kappa shape index (κ2) is 14.4. The summed E-state index contributed by atoms with van der Waals surface area (Å²) in [6.45, 7) is 2.45. The number of hydrogen-bond acceptors (Lipinski definition) is 7. The lowest BCUT2D eigenvalue weighted by molar-refractivity contribution is -0.124. The van der Waals surface area contributed by atoms with Gasteiger partial charge in [0.1, 0.15) is 12.4 Å². The second-order valence-electron chi connectivity index (χ2n) is 7.86. The van der Waals surface area contributed by atoms with Crippen molar-refractivity contribution in [3.8, 4) is 23.3 Å². The maximum atomic E-state index is 12.2. The van der Waals surface area contributed by atoms with Crippen LogP contribution >= 0.6 is 15.9 Å². The van der Waals surface area contributed by atoms with E-state index < -0.39 is 5.91 Å². The molecule has 0 fully saturated rings. The first-order chi connectivity index (χ1) is 18.4. The fraction of sp³-hybridized carbons (Fsp3) is 0.214. The Balaban J connectivity index is 1.57. The zero-order valence-electron chi connectivity index (χ0n) is 21.0. The first-order valence-corrected chi connectivity index (χ1v) is 12.6. The van der Waals surface area contributed by atoms with Crippen molar-refractivity contribution >= 4 is 39.6 Å². The predicted octanol–water partition coefficient (Wildman–Crippen LogP) is 5.18. The molecule has 0 aromatic heterocycles. The topological polar surface area (TPSA) is 122 Å². The molecule has 3 rings (SSSR count). The van der Waals surface area contributed by atoms with Crippen LogP contribution in [0.2, 0.25) is 0 Å². The minimum Gasteiger partial charge on any atom is -0.495 e. The lowest BCUT2D eigenvalue weighted by Crippen LogP contribution is -2.20. The third kappa shape index (κ3) is 8.08. The van der Waals surface area contributed by atoms with Crippen LogP contribution in [0.1, 0.15) is 36.5 Å². The number of ether oxygens (including phenoxy) is 3. The van der Waals surface area contributed by atoms with Crippen molar-refractivity contribution in [3.63, 3.8) is 0 Å². The highest BCUT2D eigenvalue weighted by molar-refractivity contribution is 9.10. The van der Waals surface area contributed by atoms with Gasteiger partial charge >= 0.3 is 0 Å². The van der Waals surface area contributed by atoms with Gasteiger partial charge in [-0.15, -0.1) is 0 Å². The molecule has 0 aliphatic heterocycles. The SMILES string of the molecule is CCOc1cc(C=NNC(=O)CCC(=O)Nc2ccccc2OC)cc(Br)c1OCc1ccccc1C#N. The molecule has 9 nitrogen and oxygen atoms in total. The van der Waals surface area contributed by atoms with Gasteiger partial charge in [0.2, 0.25) is 11.8 Å². The van der Waals surface area contributed by atoms with E-state index >= 15 is 0 Å². The van der Waals surface area contributed by atoms with E-state index in [0.29, 0.717) is 45.1 Å². The third-order valence-corrected chi connectivity index (χ3v) is 5.79. The van der Waals surface area contributed by atoms with Crippen LogP contribution in [-0.2, 0) is 16.2 Å². The van der Waals surface area contributed by atoms with Gasteiger partial charge in [0, 0.05) is 18.4 Å². The molecule has 2 N–H and O–H groups in total. The van der Waals surface area contributed by atoms with Crippen LogP contribution in [0.15, 0.2) is 70.2 Å². The van der Waals surface area contributed by atoms with E-state index in [1.54, 1.807) is 48.5 Å². The maximum absolute atomic E-state index is 12.2. The van der Waals surface area contributed by atoms with Crippen LogP contribution in [0, 0.1) is 11.3 Å². The van der Waals surface area contributed by atoms with E-state index in [-0.39, 0.29) is 25.4 Å². The number of hydrazone groups is 1. The molecule has 0 spiro atoms. The van der Waals surface area contributed by atoms with E-state index in [2.05, 4.69) is 37.8 Å². The van der Waals surface area contributed by atoms with Crippen molar-refractivity contribution in [1.29, 1.82) is 5.26 Å². The van der Waals surface area contributed by atoms with E-state index in [4.69, 9.17) is 14.2 Å². The van der Waals surface area contributed by atoms with Crippen LogP contribution < -0.4 is 25.0 Å². The van der Waals surface area contributed by atoms with Gasteiger partial charge in [-0.25, -0.2) is 5.43 Å². The number of methoxy groups -OCH3 is 1. The minimum absolute atomic E-state index is 0.0135. The fourth-order valence-corrected chi connectivity index (χ4v) is 3.97. The third-order valence-electron chi connectivity index (χ3n) is 5.20. The first kappa shape index (κ1) is 28.2. The van der Waals surface area contributed by atoms with Gasteiger partial charge in [-0.1, -0.05) is 30.3 Å². The summed E-state index contributed by atoms with van der Waals surface area (Å²) in [6.07, 6.45) is 1.42. The zero-order valence-corrected chi connectivity index (χ0v) is 22.6. The molecule has 0 saturated heterocycles. The van der Waals surface area contributed by atoms with Gasteiger partial charge in [-0.2, -0.15) is 10.4 Å². The van der Waals surface area contributed by atoms with E-state index in [9.17, 15) is 14.9 Å². The van der Waals surface area contributed by atoms with Crippen LogP contribution in [0.3, 0.4) is 0 Å². The molecular weight excluding hydrogens is 552 g/mol. The zero-order chi connectivity index (χ0) is 27.3. The molecule has 10 heteroatoms. The number of anilines is 1. The van der Waals surface area contributed by atoms with Gasteiger partial charge in [-0.05, 0) is 58.7 Å². The number of rotatable bonds is 12. The number of nitrogens with one attached hydrogen (secondary N) is 2. The van der Waals surface area contributed by atoms with Crippen molar-refractivity contribution in [1.82, 2.24) is 5.43 Å². The molecule has 0 aliphatic rings. The number of nitriles is 1. The lowest BCUT2D eigenvalue weighted by atomic mass is 10.1. The molecule has 38 heavy (non-hydrogen) atoms. The molecule has 3 aromatic carbocycles. The Morgan fingerprint density at radius 3 is 2.53 bits per heavy atom. The van der Waals surface area contributed by atoms with Gasteiger partial charge < -0.3 is 19.5 Å².